The van der Waals surface area contributed by atoms with Gasteiger partial charge in [0, 0.05) is 86.1 Å². The SMILES string of the molecule is CCn1c(-c2cccnc2[C@H](C)OC)c2c3cc(ccc31)-c1cc(O)cc(c1)C[C@H](NC(=O)[C@H](C(C)C)N(C)C(=O)[C@H]1Cc3ncccc3[C@H]1N)C(=O)N1CCC[C@H](N1)C(=O)OCC(C)(C)C2. The van der Waals surface area contributed by atoms with Crippen molar-refractivity contribution < 1.29 is 33.8 Å². The number of phenolic OH excluding ortho intramolecular Hbond substituents is 1. The number of esters is 1. The number of rotatable bonds is 9. The number of amides is 3. The Bertz CT molecular complexity index is 2700. The number of nitrogens with two attached hydrogens (primary N) is 1. The number of phenols is 1. The number of fused-ring (bicyclic) bond motifs is 7. The average Bonchev–Trinajstić information content (AvgIpc) is 3.81. The number of pyridine rings is 2. The normalized spacial score (nSPS) is 21.6. The van der Waals surface area contributed by atoms with E-state index in [0.29, 0.717) is 37.8 Å². The van der Waals surface area contributed by atoms with Crippen LogP contribution in [0.2, 0.25) is 0 Å². The third-order valence-corrected chi connectivity index (χ3v) is 13.8. The monoisotopic (exact) mass is 912 g/mol. The summed E-state index contributed by atoms with van der Waals surface area (Å²) in [4.78, 5) is 68.2. The fourth-order valence-electron chi connectivity index (χ4n) is 10.4. The molecule has 2 aliphatic heterocycles. The van der Waals surface area contributed by atoms with Crippen molar-refractivity contribution in [2.75, 3.05) is 27.3 Å². The molecule has 1 fully saturated rings. The van der Waals surface area contributed by atoms with Crippen molar-refractivity contribution in [1.82, 2.24) is 35.2 Å². The predicted molar refractivity (Wildman–Crippen MR) is 255 cm³/mol. The van der Waals surface area contributed by atoms with Crippen LogP contribution < -0.4 is 16.5 Å². The number of hydrogen-bond donors (Lipinski definition) is 4. The first-order valence-corrected chi connectivity index (χ1v) is 23.5. The number of likely N-dealkylation sites (N-methyl/N-ethyl adjacent to an activating group) is 1. The second kappa shape index (κ2) is 19.2. The highest BCUT2D eigenvalue weighted by Crippen LogP contribution is 2.42. The van der Waals surface area contributed by atoms with Gasteiger partial charge in [0.05, 0.1) is 30.0 Å². The van der Waals surface area contributed by atoms with Gasteiger partial charge in [0.1, 0.15) is 23.9 Å². The number of aryl methyl sites for hydroxylation is 1. The molecule has 67 heavy (non-hydrogen) atoms. The molecule has 5 aromatic rings. The molecule has 0 unspecified atom stereocenters. The van der Waals surface area contributed by atoms with Crippen molar-refractivity contribution in [3.8, 4) is 28.1 Å². The fraction of sp³-hybridized carbons (Fsp3) is 0.462. The molecule has 2 aromatic carbocycles. The second-order valence-corrected chi connectivity index (χ2v) is 19.5. The van der Waals surface area contributed by atoms with Crippen LogP contribution >= 0.6 is 0 Å². The number of ether oxygens (including phenoxy) is 2. The minimum absolute atomic E-state index is 0.00423. The topological polar surface area (TPSA) is 194 Å². The van der Waals surface area contributed by atoms with Gasteiger partial charge in [0.15, 0.2) is 0 Å². The lowest BCUT2D eigenvalue weighted by molar-refractivity contribution is -0.155. The molecule has 6 bridgehead atoms. The Morgan fingerprint density at radius 3 is 2.54 bits per heavy atom. The minimum Gasteiger partial charge on any atom is -0.508 e. The number of nitrogens with one attached hydrogen (secondary N) is 2. The molecule has 0 saturated carbocycles. The molecular weight excluding hydrogens is 849 g/mol. The van der Waals surface area contributed by atoms with Crippen molar-refractivity contribution in [3.05, 3.63) is 101 Å². The van der Waals surface area contributed by atoms with E-state index < -0.39 is 53.3 Å². The lowest BCUT2D eigenvalue weighted by Crippen LogP contribution is -2.62. The highest BCUT2D eigenvalue weighted by molar-refractivity contribution is 5.96. The molecule has 3 amide bonds. The number of aromatic nitrogens is 3. The Balaban J connectivity index is 1.20. The smallest absolute Gasteiger partial charge is 0.324 e. The van der Waals surface area contributed by atoms with Crippen LogP contribution in [0.4, 0.5) is 0 Å². The third-order valence-electron chi connectivity index (χ3n) is 13.8. The number of cyclic esters (lactones) is 1. The molecule has 6 atom stereocenters. The zero-order valence-electron chi connectivity index (χ0n) is 39.8. The first-order chi connectivity index (χ1) is 32.0. The zero-order chi connectivity index (χ0) is 47.9. The first-order valence-electron chi connectivity index (χ1n) is 23.5. The third kappa shape index (κ3) is 9.41. The van der Waals surface area contributed by atoms with Crippen LogP contribution in [0.1, 0.15) is 94.6 Å². The van der Waals surface area contributed by atoms with E-state index >= 15 is 0 Å². The van der Waals surface area contributed by atoms with Gasteiger partial charge in [-0.05, 0) is 109 Å². The van der Waals surface area contributed by atoms with Crippen LogP contribution in [0.5, 0.6) is 5.75 Å². The van der Waals surface area contributed by atoms with E-state index in [9.17, 15) is 24.3 Å². The molecule has 15 heteroatoms. The zero-order valence-corrected chi connectivity index (χ0v) is 39.8. The summed E-state index contributed by atoms with van der Waals surface area (Å²) in [5.41, 5.74) is 17.8. The summed E-state index contributed by atoms with van der Waals surface area (Å²) < 4.78 is 14.2. The van der Waals surface area contributed by atoms with Gasteiger partial charge >= 0.3 is 5.97 Å². The molecule has 3 aromatic heterocycles. The van der Waals surface area contributed by atoms with E-state index in [1.165, 1.54) is 9.91 Å². The molecule has 1 saturated heterocycles. The summed E-state index contributed by atoms with van der Waals surface area (Å²) in [7, 11) is 3.27. The lowest BCUT2D eigenvalue weighted by Gasteiger charge is -2.37. The van der Waals surface area contributed by atoms with E-state index in [-0.39, 0.29) is 43.3 Å². The lowest BCUT2D eigenvalue weighted by atomic mass is 9.84. The number of methoxy groups -OCH3 is 1. The maximum atomic E-state index is 14.8. The van der Waals surface area contributed by atoms with Gasteiger partial charge in [-0.25, -0.2) is 5.43 Å². The predicted octanol–water partition coefficient (Wildman–Crippen LogP) is 6.20. The fourth-order valence-corrected chi connectivity index (χ4v) is 10.4. The summed E-state index contributed by atoms with van der Waals surface area (Å²) >= 11 is 0. The van der Waals surface area contributed by atoms with Crippen molar-refractivity contribution in [2.45, 2.75) is 110 Å². The van der Waals surface area contributed by atoms with Crippen molar-refractivity contribution in [2.24, 2.45) is 23.0 Å². The highest BCUT2D eigenvalue weighted by Gasteiger charge is 2.42. The maximum absolute atomic E-state index is 14.8. The molecule has 0 spiro atoms. The summed E-state index contributed by atoms with van der Waals surface area (Å²) in [5, 5.41) is 16.8. The molecule has 5 N–H and O–H groups in total. The Morgan fingerprint density at radius 2 is 1.81 bits per heavy atom. The van der Waals surface area contributed by atoms with E-state index in [4.69, 9.17) is 20.2 Å². The summed E-state index contributed by atoms with van der Waals surface area (Å²) in [6, 6.07) is 15.7. The van der Waals surface area contributed by atoms with E-state index in [1.54, 1.807) is 44.8 Å². The molecule has 354 valence electrons. The summed E-state index contributed by atoms with van der Waals surface area (Å²) in [6.45, 7) is 13.0. The number of carbonyl (C=O) groups is 4. The molecule has 15 nitrogen and oxygen atoms in total. The first kappa shape index (κ1) is 47.3. The van der Waals surface area contributed by atoms with Crippen molar-refractivity contribution >= 4 is 34.6 Å². The second-order valence-electron chi connectivity index (χ2n) is 19.5. The number of hydrazine groups is 1. The Hall–Kier alpha value is -6.16. The Labute approximate surface area is 392 Å². The van der Waals surface area contributed by atoms with Crippen molar-refractivity contribution in [3.63, 3.8) is 0 Å². The van der Waals surface area contributed by atoms with Crippen LogP contribution in [0, 0.1) is 17.3 Å². The quantitative estimate of drug-likeness (QED) is 0.123. The van der Waals surface area contributed by atoms with Crippen LogP contribution in [-0.4, -0.2) is 98.7 Å². The van der Waals surface area contributed by atoms with Gasteiger partial charge in [0.2, 0.25) is 11.8 Å². The molecule has 8 rings (SSSR count). The summed E-state index contributed by atoms with van der Waals surface area (Å²) in [6.07, 6.45) is 5.03. The van der Waals surface area contributed by atoms with E-state index in [0.717, 1.165) is 55.8 Å². The van der Waals surface area contributed by atoms with Gasteiger partial charge in [0.25, 0.3) is 5.91 Å². The molecule has 1 aliphatic carbocycles. The number of benzene rings is 2. The molecular formula is C52H64N8O7. The van der Waals surface area contributed by atoms with Crippen LogP contribution in [0.15, 0.2) is 73.1 Å². The average molecular weight is 913 g/mol. The van der Waals surface area contributed by atoms with E-state index in [1.807, 2.05) is 45.0 Å². The van der Waals surface area contributed by atoms with Gasteiger partial charge < -0.3 is 35.1 Å². The number of aromatic hydroxyl groups is 1. The molecule has 0 radical (unpaired) electrons. The Kier molecular flexibility index (Phi) is 13.6. The number of nitrogens with zero attached hydrogens (tertiary/aromatic N) is 5. The Morgan fingerprint density at radius 1 is 1.04 bits per heavy atom. The highest BCUT2D eigenvalue weighted by atomic mass is 16.5. The number of hydrogen-bond acceptors (Lipinski definition) is 11. The van der Waals surface area contributed by atoms with Gasteiger partial charge in [-0.2, -0.15) is 0 Å². The maximum Gasteiger partial charge on any atom is 0.324 e. The number of carbonyl (C=O) groups excluding carboxylic acids is 4. The van der Waals surface area contributed by atoms with E-state index in [2.05, 4.69) is 59.3 Å². The van der Waals surface area contributed by atoms with Crippen LogP contribution in [0.3, 0.4) is 0 Å². The van der Waals surface area contributed by atoms with Gasteiger partial charge in [-0.3, -0.25) is 34.2 Å². The van der Waals surface area contributed by atoms with Crippen molar-refractivity contribution in [1.29, 1.82) is 0 Å². The van der Waals surface area contributed by atoms with Gasteiger partial charge in [-0.15, -0.1) is 0 Å². The van der Waals surface area contributed by atoms with Crippen LogP contribution in [-0.2, 0) is 54.5 Å². The van der Waals surface area contributed by atoms with Crippen LogP contribution in [0.25, 0.3) is 33.3 Å². The van der Waals surface area contributed by atoms with Gasteiger partial charge in [-0.1, -0.05) is 45.9 Å². The standard InChI is InChI=1S/C52H64N8O7/c1-9-59-43-17-16-32-25-37(43)39(47(59)36-14-11-19-55-45(36)30(4)66-8)27-52(5,6)28-67-51(65)40-15-12-20-60(57-40)50(64)42(23-31-21-33(32)24-34(61)22-31)56-48(62)46(29(2)3)58(7)49(63)38-26-41-35(44(38)53)13-10-18-54-41/h10-11,13-14,16-19,21-22,24-25,29-30,38,40,42,44,46,57,61H,9,12,15,20,23,26-28,53H2,1-8H3,(H,56,62)/t30-,38-,40-,42-,44+,46-/m0/s1. The largest absolute Gasteiger partial charge is 0.508 e. The minimum atomic E-state index is -1.16. The summed E-state index contributed by atoms with van der Waals surface area (Å²) in [5.74, 6) is -2.71. The molecule has 5 heterocycles. The molecule has 3 aliphatic rings.